The van der Waals surface area contributed by atoms with Gasteiger partial charge in [-0.15, -0.1) is 0 Å². The van der Waals surface area contributed by atoms with Gasteiger partial charge in [0.2, 0.25) is 0 Å². The number of allylic oxidation sites excluding steroid dienone is 2. The lowest BCUT2D eigenvalue weighted by Gasteiger charge is -2.19. The molecule has 1 aliphatic heterocycles. The molecule has 0 saturated carbocycles. The van der Waals surface area contributed by atoms with E-state index in [0.29, 0.717) is 50.3 Å². The maximum atomic E-state index is 12.7. The van der Waals surface area contributed by atoms with Gasteiger partial charge in [0.25, 0.3) is 0 Å². The van der Waals surface area contributed by atoms with Gasteiger partial charge in [0.1, 0.15) is 24.1 Å². The Bertz CT molecular complexity index is 966. The van der Waals surface area contributed by atoms with Crippen molar-refractivity contribution in [2.75, 3.05) is 39.5 Å². The Morgan fingerprint density at radius 2 is 1.97 bits per heavy atom. The molecule has 178 valence electrons. The first-order valence-electron chi connectivity index (χ1n) is 10.8. The molecule has 1 heterocycles. The van der Waals surface area contributed by atoms with Crippen LogP contribution in [0.3, 0.4) is 0 Å². The maximum Gasteiger partial charge on any atom is 0.305 e. The fourth-order valence-electron chi connectivity index (χ4n) is 3.57. The number of phenolic OH excluding ortho intramolecular Hbond substituents is 1. The molecule has 1 aromatic rings. The highest BCUT2D eigenvalue weighted by atomic mass is 16.9. The molecule has 0 aromatic heterocycles. The molecule has 1 fully saturated rings. The van der Waals surface area contributed by atoms with E-state index in [1.165, 1.54) is 18.2 Å². The van der Waals surface area contributed by atoms with E-state index in [1.54, 1.807) is 11.9 Å². The first kappa shape index (κ1) is 24.2. The standard InChI is InChI=1S/C22H27N3O8/c1-15-16(22(29)20-17(21(15)28)6-2-7-18(20)26)5-3-8-19(27)32-11-4-12-33-25(30)23-24-9-13-31-14-10-24/h2,6-7,26H,3-5,8-14H2,1H3/b25-23+. The van der Waals surface area contributed by atoms with E-state index in [0.717, 1.165) is 0 Å². The third kappa shape index (κ3) is 6.28. The van der Waals surface area contributed by atoms with Gasteiger partial charge in [0.05, 0.1) is 30.4 Å². The largest absolute Gasteiger partial charge is 0.507 e. The Hall–Kier alpha value is -3.47. The summed E-state index contributed by atoms with van der Waals surface area (Å²) in [5, 5.41) is 27.0. The number of Topliss-reactive ketones (excluding diaryl/α,β-unsaturated/α-hetero) is 2. The van der Waals surface area contributed by atoms with Crippen LogP contribution in [0.2, 0.25) is 0 Å². The van der Waals surface area contributed by atoms with Gasteiger partial charge in [0, 0.05) is 29.7 Å². The second kappa shape index (κ2) is 11.4. The van der Waals surface area contributed by atoms with Crippen LogP contribution in [-0.4, -0.2) is 72.2 Å². The number of aromatic hydroxyl groups is 1. The summed E-state index contributed by atoms with van der Waals surface area (Å²) < 4.78 is 10.3. The van der Waals surface area contributed by atoms with Crippen molar-refractivity contribution in [2.45, 2.75) is 32.6 Å². The number of rotatable bonds is 10. The van der Waals surface area contributed by atoms with E-state index >= 15 is 0 Å². The fourth-order valence-corrected chi connectivity index (χ4v) is 3.57. The van der Waals surface area contributed by atoms with Crippen molar-refractivity contribution in [2.24, 2.45) is 5.22 Å². The lowest BCUT2D eigenvalue weighted by molar-refractivity contribution is -0.798. The Labute approximate surface area is 190 Å². The number of ether oxygens (including phenoxy) is 2. The average Bonchev–Trinajstić information content (AvgIpc) is 2.80. The zero-order valence-corrected chi connectivity index (χ0v) is 18.4. The van der Waals surface area contributed by atoms with Gasteiger partial charge < -0.3 is 24.6 Å². The molecule has 11 nitrogen and oxygen atoms in total. The quantitative estimate of drug-likeness (QED) is 0.240. The molecule has 1 N–H and O–H groups in total. The van der Waals surface area contributed by atoms with E-state index in [1.807, 2.05) is 0 Å². The number of hydrogen-bond donors (Lipinski definition) is 1. The molecule has 0 radical (unpaired) electrons. The number of carbonyl (C=O) groups excluding carboxylic acids is 3. The van der Waals surface area contributed by atoms with Gasteiger partial charge in [-0.25, -0.2) is 0 Å². The fraction of sp³-hybridized carbons (Fsp3) is 0.500. The number of morpholine rings is 1. The van der Waals surface area contributed by atoms with E-state index in [-0.39, 0.29) is 53.7 Å². The minimum atomic E-state index is -0.455. The average molecular weight is 461 g/mol. The van der Waals surface area contributed by atoms with E-state index in [4.69, 9.17) is 14.3 Å². The van der Waals surface area contributed by atoms with Crippen LogP contribution >= 0.6 is 0 Å². The lowest BCUT2D eigenvalue weighted by Crippen LogP contribution is -2.33. The van der Waals surface area contributed by atoms with Crippen molar-refractivity contribution in [3.05, 3.63) is 45.7 Å². The molecule has 0 atom stereocenters. The zero-order chi connectivity index (χ0) is 23.8. The minimum Gasteiger partial charge on any atom is -0.507 e. The summed E-state index contributed by atoms with van der Waals surface area (Å²) >= 11 is 0. The van der Waals surface area contributed by atoms with Crippen LogP contribution in [0.15, 0.2) is 34.6 Å². The topological polar surface area (TPSA) is 141 Å². The van der Waals surface area contributed by atoms with Crippen LogP contribution in [-0.2, 0) is 19.1 Å². The first-order valence-corrected chi connectivity index (χ1v) is 10.8. The molecule has 1 aliphatic carbocycles. The third-order valence-corrected chi connectivity index (χ3v) is 5.33. The molecule has 1 aromatic carbocycles. The summed E-state index contributed by atoms with van der Waals surface area (Å²) in [6, 6.07) is 4.40. The number of fused-ring (bicyclic) bond motifs is 1. The second-order valence-corrected chi connectivity index (χ2v) is 7.62. The predicted octanol–water partition coefficient (Wildman–Crippen LogP) is 2.33. The van der Waals surface area contributed by atoms with Crippen LogP contribution in [0.4, 0.5) is 0 Å². The highest BCUT2D eigenvalue weighted by molar-refractivity contribution is 6.27. The summed E-state index contributed by atoms with van der Waals surface area (Å²) in [5.41, 5.74) is 0.832. The number of esters is 1. The van der Waals surface area contributed by atoms with Gasteiger partial charge >= 0.3 is 5.97 Å². The van der Waals surface area contributed by atoms with Gasteiger partial charge in [-0.3, -0.25) is 14.4 Å². The molecule has 2 aliphatic rings. The van der Waals surface area contributed by atoms with Crippen molar-refractivity contribution in [1.29, 1.82) is 0 Å². The van der Waals surface area contributed by atoms with Gasteiger partial charge in [-0.1, -0.05) is 12.1 Å². The van der Waals surface area contributed by atoms with Crippen molar-refractivity contribution >= 4 is 17.5 Å². The predicted molar refractivity (Wildman–Crippen MR) is 113 cm³/mol. The number of ketones is 2. The molecule has 1 saturated heterocycles. The zero-order valence-electron chi connectivity index (χ0n) is 18.4. The minimum absolute atomic E-state index is 0.0125. The highest BCUT2D eigenvalue weighted by Gasteiger charge is 2.31. The summed E-state index contributed by atoms with van der Waals surface area (Å²) in [6.45, 7) is 3.73. The van der Waals surface area contributed by atoms with Gasteiger partial charge in [-0.05, 0) is 32.3 Å². The van der Waals surface area contributed by atoms with E-state index in [9.17, 15) is 24.7 Å². The number of nitrogens with zero attached hydrogens (tertiary/aromatic N) is 3. The summed E-state index contributed by atoms with van der Waals surface area (Å²) in [4.78, 5) is 42.1. The smallest absolute Gasteiger partial charge is 0.305 e. The molecule has 0 bridgehead atoms. The van der Waals surface area contributed by atoms with E-state index in [2.05, 4.69) is 5.22 Å². The molecule has 33 heavy (non-hydrogen) atoms. The normalized spacial score (nSPS) is 16.6. The Kier molecular flexibility index (Phi) is 8.36. The van der Waals surface area contributed by atoms with Crippen LogP contribution in [0, 0.1) is 5.21 Å². The van der Waals surface area contributed by atoms with Crippen molar-refractivity contribution in [3.8, 4) is 5.75 Å². The van der Waals surface area contributed by atoms with Gasteiger partial charge in [0.15, 0.2) is 11.6 Å². The van der Waals surface area contributed by atoms with Crippen LogP contribution in [0.1, 0.15) is 53.3 Å². The summed E-state index contributed by atoms with van der Waals surface area (Å²) in [6.07, 6.45) is 0.913. The summed E-state index contributed by atoms with van der Waals surface area (Å²) in [7, 11) is 0. The number of hydrogen-bond acceptors (Lipinski definition) is 9. The highest BCUT2D eigenvalue weighted by Crippen LogP contribution is 2.33. The molecular formula is C22H27N3O8. The number of benzene rings is 1. The molecular weight excluding hydrogens is 434 g/mol. The Morgan fingerprint density at radius 3 is 2.73 bits per heavy atom. The van der Waals surface area contributed by atoms with Crippen molar-refractivity contribution < 1.29 is 38.8 Å². The molecule has 0 spiro atoms. The van der Waals surface area contributed by atoms with Crippen molar-refractivity contribution in [1.82, 2.24) is 5.01 Å². The first-order chi connectivity index (χ1) is 15.9. The van der Waals surface area contributed by atoms with Crippen LogP contribution in [0.5, 0.6) is 5.75 Å². The Morgan fingerprint density at radius 1 is 1.21 bits per heavy atom. The lowest BCUT2D eigenvalue weighted by atomic mass is 9.82. The molecule has 11 heteroatoms. The van der Waals surface area contributed by atoms with Gasteiger partial charge in [-0.2, -0.15) is 5.01 Å². The number of carbonyl (C=O) groups is 3. The molecule has 3 rings (SSSR count). The second-order valence-electron chi connectivity index (χ2n) is 7.62. The summed E-state index contributed by atoms with van der Waals surface area (Å²) in [5.74, 6) is -1.38. The monoisotopic (exact) mass is 461 g/mol. The maximum absolute atomic E-state index is 12.7. The number of phenols is 1. The SMILES string of the molecule is CC1=C(CCCC(=O)OCCCO/[N+]([O-])=N/N2CCOCC2)C(=O)c2c(O)cccc2C1=O. The molecule has 0 unspecified atom stereocenters. The Balaban J connectivity index is 1.36. The third-order valence-electron chi connectivity index (χ3n) is 5.33. The van der Waals surface area contributed by atoms with Crippen LogP contribution in [0.25, 0.3) is 0 Å². The molecule has 0 amide bonds. The van der Waals surface area contributed by atoms with E-state index < -0.39 is 11.8 Å². The van der Waals surface area contributed by atoms with Crippen LogP contribution < -0.4 is 0 Å². The van der Waals surface area contributed by atoms with Crippen molar-refractivity contribution in [3.63, 3.8) is 0 Å².